The summed E-state index contributed by atoms with van der Waals surface area (Å²) < 4.78 is 5.16. The lowest BCUT2D eigenvalue weighted by molar-refractivity contribution is -0.148. The molecule has 0 heterocycles. The maximum Gasteiger partial charge on any atom is 0.331 e. The largest absolute Gasteiger partial charge is 0.464 e. The summed E-state index contributed by atoms with van der Waals surface area (Å²) >= 11 is 0. The van der Waals surface area contributed by atoms with Crippen LogP contribution in [0.15, 0.2) is 12.1 Å². The molecule has 0 bridgehead atoms. The van der Waals surface area contributed by atoms with Crippen LogP contribution in [0.25, 0.3) is 0 Å². The van der Waals surface area contributed by atoms with Gasteiger partial charge in [-0.25, -0.2) is 4.79 Å². The second-order valence-electron chi connectivity index (χ2n) is 5.56. The average molecular weight is 263 g/mol. The van der Waals surface area contributed by atoms with Gasteiger partial charge >= 0.3 is 5.97 Å². The Balaban J connectivity index is 3.15. The molecule has 1 aromatic rings. The zero-order chi connectivity index (χ0) is 14.8. The normalized spacial score (nSPS) is 11.3. The lowest BCUT2D eigenvalue weighted by Crippen LogP contribution is -2.49. The summed E-state index contributed by atoms with van der Waals surface area (Å²) in [5.74, 6) is -0.199. The molecule has 0 unspecified atom stereocenters. The Labute approximate surface area is 116 Å². The van der Waals surface area contributed by atoms with Crippen LogP contribution in [-0.2, 0) is 9.53 Å². The van der Waals surface area contributed by atoms with Crippen LogP contribution in [0, 0.1) is 20.8 Å². The van der Waals surface area contributed by atoms with E-state index >= 15 is 0 Å². The highest BCUT2D eigenvalue weighted by Crippen LogP contribution is 2.29. The maximum atomic E-state index is 12.1. The van der Waals surface area contributed by atoms with Crippen LogP contribution in [0.4, 0.5) is 5.69 Å². The second-order valence-corrected chi connectivity index (χ2v) is 5.56. The summed E-state index contributed by atoms with van der Waals surface area (Å²) in [4.78, 5) is 14.1. The van der Waals surface area contributed by atoms with Gasteiger partial charge in [-0.05, 0) is 64.3 Å². The van der Waals surface area contributed by atoms with Crippen molar-refractivity contribution in [1.82, 2.24) is 0 Å². The molecule has 19 heavy (non-hydrogen) atoms. The molecular weight excluding hydrogens is 238 g/mol. The van der Waals surface area contributed by atoms with Gasteiger partial charge in [-0.3, -0.25) is 0 Å². The second kappa shape index (κ2) is 5.64. The molecule has 0 aliphatic heterocycles. The van der Waals surface area contributed by atoms with Crippen molar-refractivity contribution in [1.29, 1.82) is 0 Å². The van der Waals surface area contributed by atoms with Gasteiger partial charge in [0.1, 0.15) is 5.54 Å². The molecular formula is C16H25NO2. The third kappa shape index (κ3) is 3.09. The number of carbonyl (C=O) groups excluding carboxylic acids is 1. The number of anilines is 1. The third-order valence-corrected chi connectivity index (χ3v) is 3.79. The lowest BCUT2D eigenvalue weighted by atomic mass is 9.98. The van der Waals surface area contributed by atoms with Gasteiger partial charge < -0.3 is 9.64 Å². The van der Waals surface area contributed by atoms with Crippen molar-refractivity contribution >= 4 is 11.7 Å². The van der Waals surface area contributed by atoms with E-state index in [0.717, 1.165) is 5.69 Å². The molecule has 0 aliphatic rings. The van der Waals surface area contributed by atoms with Crippen molar-refractivity contribution in [3.63, 3.8) is 0 Å². The molecule has 0 radical (unpaired) electrons. The summed E-state index contributed by atoms with van der Waals surface area (Å²) in [7, 11) is 1.94. The molecule has 0 N–H and O–H groups in total. The molecule has 0 amide bonds. The molecule has 1 rings (SSSR count). The van der Waals surface area contributed by atoms with Crippen molar-refractivity contribution in [2.75, 3.05) is 18.6 Å². The number of aryl methyl sites for hydroxylation is 3. The zero-order valence-electron chi connectivity index (χ0n) is 13.1. The van der Waals surface area contributed by atoms with E-state index in [1.165, 1.54) is 16.7 Å². The molecule has 0 saturated carbocycles. The van der Waals surface area contributed by atoms with Crippen LogP contribution < -0.4 is 4.90 Å². The van der Waals surface area contributed by atoms with Gasteiger partial charge in [0.15, 0.2) is 0 Å². The monoisotopic (exact) mass is 263 g/mol. The zero-order valence-corrected chi connectivity index (χ0v) is 13.1. The smallest absolute Gasteiger partial charge is 0.331 e. The standard InChI is InChI=1S/C16H25NO2/c1-8-19-15(18)16(5,6)17(7)14-10-12(3)11(2)9-13(14)4/h9-10H,8H2,1-7H3. The lowest BCUT2D eigenvalue weighted by Gasteiger charge is -2.36. The van der Waals surface area contributed by atoms with Gasteiger partial charge in [-0.1, -0.05) is 6.07 Å². The molecule has 106 valence electrons. The molecule has 0 spiro atoms. The number of benzene rings is 1. The predicted molar refractivity (Wildman–Crippen MR) is 79.8 cm³/mol. The molecule has 0 atom stereocenters. The quantitative estimate of drug-likeness (QED) is 0.780. The van der Waals surface area contributed by atoms with E-state index in [0.29, 0.717) is 6.61 Å². The number of rotatable bonds is 4. The van der Waals surface area contributed by atoms with Crippen LogP contribution in [-0.4, -0.2) is 25.2 Å². The minimum Gasteiger partial charge on any atom is -0.464 e. The molecule has 0 fully saturated rings. The van der Waals surface area contributed by atoms with E-state index in [9.17, 15) is 4.79 Å². The molecule has 3 nitrogen and oxygen atoms in total. The molecule has 1 aromatic carbocycles. The first-order chi connectivity index (χ1) is 8.71. The van der Waals surface area contributed by atoms with Crippen LogP contribution in [0.5, 0.6) is 0 Å². The highest BCUT2D eigenvalue weighted by atomic mass is 16.5. The average Bonchev–Trinajstić information content (AvgIpc) is 2.33. The number of likely N-dealkylation sites (N-methyl/N-ethyl adjacent to an activating group) is 1. The fraction of sp³-hybridized carbons (Fsp3) is 0.562. The van der Waals surface area contributed by atoms with Gasteiger partial charge in [-0.15, -0.1) is 0 Å². The number of nitrogens with zero attached hydrogens (tertiary/aromatic N) is 1. The Kier molecular flexibility index (Phi) is 4.61. The minimum absolute atomic E-state index is 0.199. The first kappa shape index (κ1) is 15.5. The first-order valence-corrected chi connectivity index (χ1v) is 6.70. The third-order valence-electron chi connectivity index (χ3n) is 3.79. The van der Waals surface area contributed by atoms with Crippen molar-refractivity contribution in [3.05, 3.63) is 28.8 Å². The Morgan fingerprint density at radius 3 is 2.21 bits per heavy atom. The van der Waals surface area contributed by atoms with E-state index in [-0.39, 0.29) is 5.97 Å². The van der Waals surface area contributed by atoms with Gasteiger partial charge in [0.05, 0.1) is 6.61 Å². The minimum atomic E-state index is -0.678. The Bertz CT molecular complexity index is 478. The van der Waals surface area contributed by atoms with E-state index in [4.69, 9.17) is 4.74 Å². The molecule has 0 aromatic heterocycles. The van der Waals surface area contributed by atoms with Crippen molar-refractivity contribution in [2.24, 2.45) is 0 Å². The maximum absolute atomic E-state index is 12.1. The van der Waals surface area contributed by atoms with E-state index in [1.807, 2.05) is 32.7 Å². The number of hydrogen-bond acceptors (Lipinski definition) is 3. The van der Waals surface area contributed by atoms with Crippen LogP contribution in [0.1, 0.15) is 37.5 Å². The fourth-order valence-corrected chi connectivity index (χ4v) is 2.05. The summed E-state index contributed by atoms with van der Waals surface area (Å²) in [6.07, 6.45) is 0. The summed E-state index contributed by atoms with van der Waals surface area (Å²) in [5.41, 5.74) is 4.06. The van der Waals surface area contributed by atoms with Crippen molar-refractivity contribution in [3.8, 4) is 0 Å². The Morgan fingerprint density at radius 2 is 1.68 bits per heavy atom. The van der Waals surface area contributed by atoms with E-state index < -0.39 is 5.54 Å². The van der Waals surface area contributed by atoms with Crippen molar-refractivity contribution < 1.29 is 9.53 Å². The van der Waals surface area contributed by atoms with Crippen molar-refractivity contribution in [2.45, 2.75) is 47.1 Å². The van der Waals surface area contributed by atoms with Gasteiger partial charge in [0.2, 0.25) is 0 Å². The highest BCUT2D eigenvalue weighted by molar-refractivity contribution is 5.84. The number of ether oxygens (including phenoxy) is 1. The molecule has 0 saturated heterocycles. The summed E-state index contributed by atoms with van der Waals surface area (Å²) in [6, 6.07) is 4.29. The van der Waals surface area contributed by atoms with Crippen LogP contribution in [0.3, 0.4) is 0 Å². The highest BCUT2D eigenvalue weighted by Gasteiger charge is 2.34. The number of hydrogen-bond donors (Lipinski definition) is 0. The van der Waals surface area contributed by atoms with Gasteiger partial charge in [-0.2, -0.15) is 0 Å². The van der Waals surface area contributed by atoms with E-state index in [1.54, 1.807) is 0 Å². The van der Waals surface area contributed by atoms with E-state index in [2.05, 4.69) is 32.9 Å². The Hall–Kier alpha value is -1.51. The van der Waals surface area contributed by atoms with Crippen LogP contribution in [0.2, 0.25) is 0 Å². The number of carbonyl (C=O) groups is 1. The molecule has 3 heteroatoms. The van der Waals surface area contributed by atoms with Crippen LogP contribution >= 0.6 is 0 Å². The van der Waals surface area contributed by atoms with Gasteiger partial charge in [0, 0.05) is 12.7 Å². The SMILES string of the molecule is CCOC(=O)C(C)(C)N(C)c1cc(C)c(C)cc1C. The fourth-order valence-electron chi connectivity index (χ4n) is 2.05. The summed E-state index contributed by atoms with van der Waals surface area (Å²) in [6.45, 7) is 12.3. The first-order valence-electron chi connectivity index (χ1n) is 6.70. The summed E-state index contributed by atoms with van der Waals surface area (Å²) in [5, 5.41) is 0. The van der Waals surface area contributed by atoms with Gasteiger partial charge in [0.25, 0.3) is 0 Å². The number of esters is 1. The topological polar surface area (TPSA) is 29.5 Å². The predicted octanol–water partition coefficient (Wildman–Crippen LogP) is 3.39. The molecule has 0 aliphatic carbocycles. The Morgan fingerprint density at radius 1 is 1.16 bits per heavy atom.